The molecule has 0 saturated carbocycles. The number of aliphatic hydroxyl groups is 1. The minimum atomic E-state index is -0.501. The van der Waals surface area contributed by atoms with Gasteiger partial charge in [-0.3, -0.25) is 9.63 Å². The summed E-state index contributed by atoms with van der Waals surface area (Å²) in [5.41, 5.74) is 4.06. The number of aromatic nitrogens is 1. The van der Waals surface area contributed by atoms with Crippen molar-refractivity contribution in [3.8, 4) is 0 Å². The Labute approximate surface area is 161 Å². The summed E-state index contributed by atoms with van der Waals surface area (Å²) in [5, 5.41) is 12.6. The van der Waals surface area contributed by atoms with Gasteiger partial charge in [0, 0.05) is 11.6 Å². The second kappa shape index (κ2) is 9.96. The Morgan fingerprint density at radius 3 is 2.78 bits per heavy atom. The molecule has 0 atom stereocenters. The van der Waals surface area contributed by atoms with Crippen LogP contribution < -0.4 is 10.8 Å². The van der Waals surface area contributed by atoms with Gasteiger partial charge in [0.05, 0.1) is 34.9 Å². The van der Waals surface area contributed by atoms with E-state index in [4.69, 9.17) is 9.94 Å². The zero-order chi connectivity index (χ0) is 19.8. The maximum Gasteiger partial charge on any atom is 0.277 e. The molecule has 8 heteroatoms. The van der Waals surface area contributed by atoms with E-state index in [1.807, 2.05) is 13.8 Å². The largest absolute Gasteiger partial charge is 0.394 e. The lowest BCUT2D eigenvalue weighted by atomic mass is 10.1. The number of amides is 1. The number of hydrogen-bond acceptors (Lipinski definition) is 6. The van der Waals surface area contributed by atoms with E-state index in [0.29, 0.717) is 5.69 Å². The molecular formula is C19H22FN3O3S. The van der Waals surface area contributed by atoms with E-state index in [-0.39, 0.29) is 24.5 Å². The molecule has 1 aromatic heterocycles. The summed E-state index contributed by atoms with van der Waals surface area (Å²) in [7, 11) is 0. The molecule has 2 aromatic carbocycles. The van der Waals surface area contributed by atoms with E-state index >= 15 is 0 Å². The number of anilines is 2. The molecule has 27 heavy (non-hydrogen) atoms. The van der Waals surface area contributed by atoms with Crippen LogP contribution in [0.2, 0.25) is 0 Å². The number of benzene rings is 2. The number of carbonyl (C=O) groups excluding carboxylic acids is 1. The van der Waals surface area contributed by atoms with Crippen LogP contribution in [0.5, 0.6) is 0 Å². The van der Waals surface area contributed by atoms with Gasteiger partial charge in [-0.25, -0.2) is 9.87 Å². The van der Waals surface area contributed by atoms with E-state index in [1.54, 1.807) is 37.4 Å². The van der Waals surface area contributed by atoms with Gasteiger partial charge < -0.3 is 10.4 Å². The van der Waals surface area contributed by atoms with Gasteiger partial charge in [-0.1, -0.05) is 26.0 Å². The van der Waals surface area contributed by atoms with Crippen LogP contribution in [0, 0.1) is 12.7 Å². The molecule has 3 aromatic rings. The Balaban J connectivity index is 0.00000126. The second-order valence-corrected chi connectivity index (χ2v) is 6.15. The van der Waals surface area contributed by atoms with E-state index in [0.717, 1.165) is 15.6 Å². The number of aryl methyl sites for hydroxylation is 1. The topological polar surface area (TPSA) is 83.5 Å². The summed E-state index contributed by atoms with van der Waals surface area (Å²) in [5.74, 6) is -0.914. The molecule has 144 valence electrons. The molecule has 3 rings (SSSR count). The molecule has 6 nitrogen and oxygen atoms in total. The smallest absolute Gasteiger partial charge is 0.277 e. The molecular weight excluding hydrogens is 369 g/mol. The first kappa shape index (κ1) is 20.8. The third kappa shape index (κ3) is 5.00. The minimum Gasteiger partial charge on any atom is -0.394 e. The van der Waals surface area contributed by atoms with Crippen molar-refractivity contribution in [2.75, 3.05) is 18.5 Å². The predicted molar refractivity (Wildman–Crippen MR) is 106 cm³/mol. The van der Waals surface area contributed by atoms with Gasteiger partial charge in [0.1, 0.15) is 5.82 Å². The average molecular weight is 391 g/mol. The highest BCUT2D eigenvalue weighted by atomic mass is 32.1. The molecule has 0 aliphatic heterocycles. The average Bonchev–Trinajstić information content (AvgIpc) is 3.15. The number of nitrogens with one attached hydrogen (secondary N) is 2. The van der Waals surface area contributed by atoms with Gasteiger partial charge in [0.2, 0.25) is 0 Å². The van der Waals surface area contributed by atoms with Gasteiger partial charge in [0.25, 0.3) is 5.91 Å². The lowest BCUT2D eigenvalue weighted by Crippen LogP contribution is -2.25. The SMILES string of the molecule is CC.Cc1ccc(Nc2c(C(=O)NOCCO)ccc3cnsc23)c(F)c1. The van der Waals surface area contributed by atoms with Crippen LogP contribution in [0.4, 0.5) is 15.8 Å². The maximum atomic E-state index is 14.2. The number of carbonyl (C=O) groups is 1. The fraction of sp³-hybridized carbons (Fsp3) is 0.263. The van der Waals surface area contributed by atoms with Crippen molar-refractivity contribution in [3.63, 3.8) is 0 Å². The van der Waals surface area contributed by atoms with Crippen molar-refractivity contribution in [1.29, 1.82) is 0 Å². The third-order valence-corrected chi connectivity index (χ3v) is 4.34. The normalized spacial score (nSPS) is 10.3. The maximum absolute atomic E-state index is 14.2. The second-order valence-electron chi connectivity index (χ2n) is 5.34. The Bertz CT molecular complexity index is 914. The van der Waals surface area contributed by atoms with Gasteiger partial charge >= 0.3 is 0 Å². The molecule has 3 N–H and O–H groups in total. The number of nitrogens with zero attached hydrogens (tertiary/aromatic N) is 1. The zero-order valence-electron chi connectivity index (χ0n) is 15.4. The Hall–Kier alpha value is -2.55. The molecule has 1 amide bonds. The van der Waals surface area contributed by atoms with E-state index in [1.165, 1.54) is 17.6 Å². The summed E-state index contributed by atoms with van der Waals surface area (Å²) in [6.07, 6.45) is 1.68. The van der Waals surface area contributed by atoms with Crippen molar-refractivity contribution in [3.05, 3.63) is 53.5 Å². The fourth-order valence-electron chi connectivity index (χ4n) is 2.32. The van der Waals surface area contributed by atoms with Gasteiger partial charge in [-0.2, -0.15) is 4.37 Å². The standard InChI is InChI=1S/C17H16FN3O3S.C2H6/c1-10-2-5-14(13(18)8-10)20-15-12(17(23)21-24-7-6-22)4-3-11-9-19-25-16(11)15;1-2/h2-5,8-9,20,22H,6-7H2,1H3,(H,21,23);1-2H3. The lowest BCUT2D eigenvalue weighted by molar-refractivity contribution is 0.0169. The van der Waals surface area contributed by atoms with Crippen molar-refractivity contribution < 1.29 is 19.1 Å². The van der Waals surface area contributed by atoms with Crippen LogP contribution in [-0.2, 0) is 4.84 Å². The number of halogens is 1. The highest BCUT2D eigenvalue weighted by molar-refractivity contribution is 7.14. The van der Waals surface area contributed by atoms with Gasteiger partial charge in [-0.05, 0) is 42.2 Å². The number of hydrogen-bond donors (Lipinski definition) is 3. The first-order valence-corrected chi connectivity index (χ1v) is 9.31. The number of aliphatic hydroxyl groups excluding tert-OH is 1. The quantitative estimate of drug-likeness (QED) is 0.434. The summed E-state index contributed by atoms with van der Waals surface area (Å²) in [4.78, 5) is 17.2. The Morgan fingerprint density at radius 1 is 1.30 bits per heavy atom. The van der Waals surface area contributed by atoms with Crippen LogP contribution in [0.25, 0.3) is 10.1 Å². The van der Waals surface area contributed by atoms with Gasteiger partial charge in [0.15, 0.2) is 0 Å². The van der Waals surface area contributed by atoms with Crippen LogP contribution >= 0.6 is 11.5 Å². The molecule has 0 bridgehead atoms. The predicted octanol–water partition coefficient (Wildman–Crippen LogP) is 4.17. The monoisotopic (exact) mass is 391 g/mol. The molecule has 0 unspecified atom stereocenters. The lowest BCUT2D eigenvalue weighted by Gasteiger charge is -2.14. The first-order valence-electron chi connectivity index (χ1n) is 8.53. The summed E-state index contributed by atoms with van der Waals surface area (Å²) >= 11 is 1.21. The number of rotatable bonds is 6. The minimum absolute atomic E-state index is 0.0239. The third-order valence-electron chi connectivity index (χ3n) is 3.51. The first-order chi connectivity index (χ1) is 13.1. The van der Waals surface area contributed by atoms with E-state index in [2.05, 4.69) is 15.2 Å². The van der Waals surface area contributed by atoms with Crippen LogP contribution in [0.1, 0.15) is 29.8 Å². The van der Waals surface area contributed by atoms with Crippen molar-refractivity contribution >= 4 is 38.9 Å². The number of fused-ring (bicyclic) bond motifs is 1. The molecule has 0 aliphatic rings. The van der Waals surface area contributed by atoms with Crippen LogP contribution in [0.3, 0.4) is 0 Å². The Morgan fingerprint density at radius 2 is 2.07 bits per heavy atom. The molecule has 0 spiro atoms. The van der Waals surface area contributed by atoms with Crippen LogP contribution in [0.15, 0.2) is 36.5 Å². The van der Waals surface area contributed by atoms with Crippen LogP contribution in [-0.4, -0.2) is 28.6 Å². The highest BCUT2D eigenvalue weighted by Gasteiger charge is 2.17. The fourth-order valence-corrected chi connectivity index (χ4v) is 3.07. The van der Waals surface area contributed by atoms with Crippen molar-refractivity contribution in [2.24, 2.45) is 0 Å². The molecule has 0 fully saturated rings. The summed E-state index contributed by atoms with van der Waals surface area (Å²) < 4.78 is 19.1. The molecule has 0 aliphatic carbocycles. The Kier molecular flexibility index (Phi) is 7.66. The summed E-state index contributed by atoms with van der Waals surface area (Å²) in [6.45, 7) is 5.56. The highest BCUT2D eigenvalue weighted by Crippen LogP contribution is 2.33. The van der Waals surface area contributed by atoms with Crippen molar-refractivity contribution in [1.82, 2.24) is 9.85 Å². The number of hydroxylamine groups is 1. The molecule has 0 radical (unpaired) electrons. The summed E-state index contributed by atoms with van der Waals surface area (Å²) in [6, 6.07) is 8.19. The van der Waals surface area contributed by atoms with Crippen molar-refractivity contribution in [2.45, 2.75) is 20.8 Å². The zero-order valence-corrected chi connectivity index (χ0v) is 16.2. The van der Waals surface area contributed by atoms with E-state index in [9.17, 15) is 9.18 Å². The van der Waals surface area contributed by atoms with Gasteiger partial charge in [-0.15, -0.1) is 0 Å². The van der Waals surface area contributed by atoms with E-state index < -0.39 is 11.7 Å². The molecule has 1 heterocycles. The molecule has 0 saturated heterocycles.